The van der Waals surface area contributed by atoms with Crippen LogP contribution in [0.1, 0.15) is 27.0 Å². The molecular formula is C28H28N2O5S. The van der Waals surface area contributed by atoms with E-state index in [9.17, 15) is 9.90 Å². The molecule has 1 heterocycles. The number of anilines is 1. The molecule has 0 radical (unpaired) electrons. The molecule has 0 spiro atoms. The number of thiazole rings is 1. The van der Waals surface area contributed by atoms with E-state index in [0.29, 0.717) is 40.2 Å². The van der Waals surface area contributed by atoms with E-state index in [1.165, 1.54) is 11.3 Å². The van der Waals surface area contributed by atoms with E-state index in [2.05, 4.69) is 0 Å². The highest BCUT2D eigenvalue weighted by Crippen LogP contribution is 2.36. The molecule has 1 N–H and O–H groups in total. The van der Waals surface area contributed by atoms with Gasteiger partial charge in [0.1, 0.15) is 17.2 Å². The maximum atomic E-state index is 13.9. The van der Waals surface area contributed by atoms with E-state index in [-0.39, 0.29) is 12.5 Å². The molecule has 0 aliphatic rings. The molecule has 1 amide bonds. The number of benzene rings is 3. The Bertz CT molecular complexity index is 1330. The van der Waals surface area contributed by atoms with Crippen LogP contribution in [0.2, 0.25) is 0 Å². The van der Waals surface area contributed by atoms with Crippen molar-refractivity contribution in [3.8, 4) is 28.5 Å². The van der Waals surface area contributed by atoms with E-state index in [4.69, 9.17) is 19.2 Å². The van der Waals surface area contributed by atoms with Gasteiger partial charge in [-0.3, -0.25) is 9.69 Å². The molecule has 0 fully saturated rings. The zero-order chi connectivity index (χ0) is 25.7. The van der Waals surface area contributed by atoms with Gasteiger partial charge in [0.05, 0.1) is 40.2 Å². The number of amides is 1. The summed E-state index contributed by atoms with van der Waals surface area (Å²) in [4.78, 5) is 20.3. The van der Waals surface area contributed by atoms with Gasteiger partial charge in [-0.05, 0) is 42.3 Å². The lowest BCUT2D eigenvalue weighted by molar-refractivity contribution is 0.0984. The molecule has 3 aromatic carbocycles. The predicted molar refractivity (Wildman–Crippen MR) is 141 cm³/mol. The lowest BCUT2D eigenvalue weighted by Gasteiger charge is -2.21. The van der Waals surface area contributed by atoms with Crippen LogP contribution in [0.25, 0.3) is 11.3 Å². The monoisotopic (exact) mass is 504 g/mol. The summed E-state index contributed by atoms with van der Waals surface area (Å²) in [7, 11) is 4.73. The van der Waals surface area contributed by atoms with Crippen molar-refractivity contribution in [2.75, 3.05) is 26.2 Å². The number of nitrogens with zero attached hydrogens (tertiary/aromatic N) is 2. The molecule has 0 unspecified atom stereocenters. The van der Waals surface area contributed by atoms with Crippen LogP contribution in [0.4, 0.5) is 5.13 Å². The van der Waals surface area contributed by atoms with Crippen LogP contribution in [0.5, 0.6) is 17.2 Å². The number of rotatable bonds is 9. The SMILES string of the molecule is COc1ccc(CO)cc1-c1csc(N(Cc2ccccc2)C(=O)c2cc(OC)c(C)c(OC)c2)n1. The van der Waals surface area contributed by atoms with Crippen LogP contribution in [0.15, 0.2) is 66.0 Å². The van der Waals surface area contributed by atoms with Gasteiger partial charge < -0.3 is 19.3 Å². The third-order valence-electron chi connectivity index (χ3n) is 5.87. The van der Waals surface area contributed by atoms with Gasteiger partial charge in [0, 0.05) is 22.1 Å². The van der Waals surface area contributed by atoms with Gasteiger partial charge >= 0.3 is 0 Å². The zero-order valence-corrected chi connectivity index (χ0v) is 21.5. The molecule has 186 valence electrons. The van der Waals surface area contributed by atoms with Crippen LogP contribution < -0.4 is 19.1 Å². The van der Waals surface area contributed by atoms with Crippen LogP contribution in [-0.2, 0) is 13.2 Å². The average molecular weight is 505 g/mol. The van der Waals surface area contributed by atoms with E-state index < -0.39 is 0 Å². The van der Waals surface area contributed by atoms with Gasteiger partial charge in [0.25, 0.3) is 5.91 Å². The summed E-state index contributed by atoms with van der Waals surface area (Å²) in [6.45, 7) is 2.12. The van der Waals surface area contributed by atoms with Crippen molar-refractivity contribution in [2.45, 2.75) is 20.1 Å². The lowest BCUT2D eigenvalue weighted by Crippen LogP contribution is -2.30. The number of carbonyl (C=O) groups excluding carboxylic acids is 1. The quantitative estimate of drug-likeness (QED) is 0.325. The average Bonchev–Trinajstić information content (AvgIpc) is 3.41. The number of carbonyl (C=O) groups is 1. The topological polar surface area (TPSA) is 81.1 Å². The molecule has 0 aliphatic heterocycles. The van der Waals surface area contributed by atoms with E-state index >= 15 is 0 Å². The summed E-state index contributed by atoms with van der Waals surface area (Å²) < 4.78 is 16.5. The molecule has 0 atom stereocenters. The van der Waals surface area contributed by atoms with Crippen molar-refractivity contribution in [1.82, 2.24) is 4.98 Å². The Balaban J connectivity index is 1.78. The number of aliphatic hydroxyl groups excluding tert-OH is 1. The van der Waals surface area contributed by atoms with E-state index in [1.54, 1.807) is 50.5 Å². The smallest absolute Gasteiger partial charge is 0.260 e. The first kappa shape index (κ1) is 25.2. The van der Waals surface area contributed by atoms with Gasteiger partial charge in [-0.2, -0.15) is 0 Å². The molecule has 4 aromatic rings. The number of methoxy groups -OCH3 is 3. The number of hydrogen-bond donors (Lipinski definition) is 1. The van der Waals surface area contributed by atoms with Crippen LogP contribution in [0, 0.1) is 6.92 Å². The molecule has 4 rings (SSSR count). The summed E-state index contributed by atoms with van der Waals surface area (Å²) in [5, 5.41) is 12.0. The van der Waals surface area contributed by atoms with Crippen LogP contribution >= 0.6 is 11.3 Å². The van der Waals surface area contributed by atoms with Crippen LogP contribution in [0.3, 0.4) is 0 Å². The van der Waals surface area contributed by atoms with Gasteiger partial charge in [-0.15, -0.1) is 11.3 Å². The molecule has 0 bridgehead atoms. The third kappa shape index (κ3) is 5.19. The van der Waals surface area contributed by atoms with Crippen molar-refractivity contribution >= 4 is 22.4 Å². The highest BCUT2D eigenvalue weighted by atomic mass is 32.1. The summed E-state index contributed by atoms with van der Waals surface area (Å²) in [6.07, 6.45) is 0. The Labute approximate surface area is 214 Å². The van der Waals surface area contributed by atoms with Crippen molar-refractivity contribution in [3.05, 3.63) is 88.3 Å². The fourth-order valence-electron chi connectivity index (χ4n) is 3.92. The van der Waals surface area contributed by atoms with Crippen molar-refractivity contribution in [2.24, 2.45) is 0 Å². The molecular weight excluding hydrogens is 476 g/mol. The minimum absolute atomic E-state index is 0.0936. The Morgan fingerprint density at radius 3 is 2.19 bits per heavy atom. The molecule has 0 saturated carbocycles. The summed E-state index contributed by atoms with van der Waals surface area (Å²) >= 11 is 1.36. The maximum absolute atomic E-state index is 13.9. The Morgan fingerprint density at radius 2 is 1.58 bits per heavy atom. The third-order valence-corrected chi connectivity index (χ3v) is 6.74. The molecule has 7 nitrogen and oxygen atoms in total. The van der Waals surface area contributed by atoms with Gasteiger partial charge in [-0.1, -0.05) is 36.4 Å². The van der Waals surface area contributed by atoms with Crippen molar-refractivity contribution in [1.29, 1.82) is 0 Å². The second-order valence-electron chi connectivity index (χ2n) is 8.09. The first-order chi connectivity index (χ1) is 17.5. The van der Waals surface area contributed by atoms with Gasteiger partial charge in [-0.25, -0.2) is 4.98 Å². The second kappa shape index (κ2) is 11.2. The highest BCUT2D eigenvalue weighted by molar-refractivity contribution is 7.14. The van der Waals surface area contributed by atoms with Gasteiger partial charge in [0.2, 0.25) is 0 Å². The highest BCUT2D eigenvalue weighted by Gasteiger charge is 2.24. The molecule has 36 heavy (non-hydrogen) atoms. The van der Waals surface area contributed by atoms with Crippen molar-refractivity contribution < 1.29 is 24.1 Å². The minimum Gasteiger partial charge on any atom is -0.496 e. The minimum atomic E-state index is -0.229. The molecule has 0 saturated heterocycles. The molecule has 1 aromatic heterocycles. The van der Waals surface area contributed by atoms with Gasteiger partial charge in [0.15, 0.2) is 5.13 Å². The Hall–Kier alpha value is -3.88. The zero-order valence-electron chi connectivity index (χ0n) is 20.6. The lowest BCUT2D eigenvalue weighted by atomic mass is 10.1. The number of hydrogen-bond acceptors (Lipinski definition) is 7. The normalized spacial score (nSPS) is 10.7. The summed E-state index contributed by atoms with van der Waals surface area (Å²) in [5.74, 6) is 1.55. The second-order valence-corrected chi connectivity index (χ2v) is 8.93. The molecule has 8 heteroatoms. The van der Waals surface area contributed by atoms with Crippen molar-refractivity contribution in [3.63, 3.8) is 0 Å². The fourth-order valence-corrected chi connectivity index (χ4v) is 4.75. The fraction of sp³-hybridized carbons (Fsp3) is 0.214. The first-order valence-electron chi connectivity index (χ1n) is 11.3. The Morgan fingerprint density at radius 1 is 0.917 bits per heavy atom. The largest absolute Gasteiger partial charge is 0.496 e. The number of aromatic nitrogens is 1. The number of ether oxygens (including phenoxy) is 3. The molecule has 0 aliphatic carbocycles. The first-order valence-corrected chi connectivity index (χ1v) is 12.2. The van der Waals surface area contributed by atoms with E-state index in [0.717, 1.165) is 22.3 Å². The maximum Gasteiger partial charge on any atom is 0.260 e. The number of aliphatic hydroxyl groups is 1. The van der Waals surface area contributed by atoms with Crippen LogP contribution in [-0.4, -0.2) is 37.3 Å². The van der Waals surface area contributed by atoms with E-state index in [1.807, 2.05) is 48.7 Å². The predicted octanol–water partition coefficient (Wildman–Crippen LogP) is 5.48. The summed E-state index contributed by atoms with van der Waals surface area (Å²) in [5.41, 5.74) is 4.37. The standard InChI is InChI=1S/C28H28N2O5S/c1-18-25(34-3)13-21(14-26(18)35-4)27(32)30(15-19-8-6-5-7-9-19)28-29-23(17-36-28)22-12-20(16-31)10-11-24(22)33-2/h5-14,17,31H,15-16H2,1-4H3. The Kier molecular flexibility index (Phi) is 7.87. The summed E-state index contributed by atoms with van der Waals surface area (Å²) in [6, 6.07) is 18.7.